The molecule has 0 unspecified atom stereocenters. The maximum absolute atomic E-state index is 11.8. The largest absolute Gasteiger partial charge is 0.355 e. The average molecular weight is 351 g/mol. The number of carbonyl (C=O) groups excluding carboxylic acids is 2. The van der Waals surface area contributed by atoms with Crippen LogP contribution >= 0.6 is 23.1 Å². The van der Waals surface area contributed by atoms with Crippen molar-refractivity contribution in [3.63, 3.8) is 0 Å². The number of benzene rings is 1. The van der Waals surface area contributed by atoms with Gasteiger partial charge in [0.1, 0.15) is 0 Å². The number of para-hydroxylation sites is 1. The number of urea groups is 1. The van der Waals surface area contributed by atoms with E-state index in [-0.39, 0.29) is 17.7 Å². The standard InChI is InChI=1S/C14H17N5O2S2/c1-2-8-15-11(20)9-22-14-19-18-13(23-14)17-12(21)16-10-6-4-3-5-7-10/h3-7H,2,8-9H2,1H3,(H,15,20)(H2,16,17,18,21). The lowest BCUT2D eigenvalue weighted by atomic mass is 10.3. The molecule has 122 valence electrons. The van der Waals surface area contributed by atoms with E-state index >= 15 is 0 Å². The van der Waals surface area contributed by atoms with Crippen molar-refractivity contribution in [1.29, 1.82) is 0 Å². The fraction of sp³-hybridized carbons (Fsp3) is 0.286. The maximum atomic E-state index is 11.8. The zero-order valence-corrected chi connectivity index (χ0v) is 14.2. The van der Waals surface area contributed by atoms with Crippen LogP contribution in [0.15, 0.2) is 34.7 Å². The van der Waals surface area contributed by atoms with E-state index in [1.807, 2.05) is 25.1 Å². The van der Waals surface area contributed by atoms with Crippen molar-refractivity contribution >= 4 is 45.9 Å². The molecular formula is C14H17N5O2S2. The quantitative estimate of drug-likeness (QED) is 0.526. The summed E-state index contributed by atoms with van der Waals surface area (Å²) in [6, 6.07) is 8.72. The maximum Gasteiger partial charge on any atom is 0.325 e. The molecule has 0 aliphatic rings. The first kappa shape index (κ1) is 17.2. The van der Waals surface area contributed by atoms with Crippen molar-refractivity contribution in [2.45, 2.75) is 17.7 Å². The summed E-state index contributed by atoms with van der Waals surface area (Å²) in [5.41, 5.74) is 0.691. The molecule has 1 heterocycles. The van der Waals surface area contributed by atoms with Gasteiger partial charge in [-0.3, -0.25) is 10.1 Å². The molecule has 0 spiro atoms. The Morgan fingerprint density at radius 2 is 1.96 bits per heavy atom. The van der Waals surface area contributed by atoms with E-state index in [0.717, 1.165) is 6.42 Å². The molecule has 3 amide bonds. The Bertz CT molecular complexity index is 648. The van der Waals surface area contributed by atoms with Crippen LogP contribution in [0.1, 0.15) is 13.3 Å². The molecule has 2 aromatic rings. The Hall–Kier alpha value is -2.13. The van der Waals surface area contributed by atoms with E-state index in [2.05, 4.69) is 26.1 Å². The number of carbonyl (C=O) groups is 2. The van der Waals surface area contributed by atoms with E-state index in [1.54, 1.807) is 12.1 Å². The lowest BCUT2D eigenvalue weighted by molar-refractivity contribution is -0.118. The van der Waals surface area contributed by atoms with Gasteiger partial charge in [-0.25, -0.2) is 4.79 Å². The summed E-state index contributed by atoms with van der Waals surface area (Å²) in [6.07, 6.45) is 0.903. The number of rotatable bonds is 7. The second kappa shape index (κ2) is 9.11. The number of nitrogens with one attached hydrogen (secondary N) is 3. The Kier molecular flexibility index (Phi) is 6.82. The molecule has 0 saturated carbocycles. The minimum Gasteiger partial charge on any atom is -0.355 e. The van der Waals surface area contributed by atoms with Crippen molar-refractivity contribution in [2.75, 3.05) is 22.9 Å². The van der Waals surface area contributed by atoms with Crippen LogP contribution < -0.4 is 16.0 Å². The molecule has 2 rings (SSSR count). The topological polar surface area (TPSA) is 96.0 Å². The number of thioether (sulfide) groups is 1. The minimum absolute atomic E-state index is 0.0385. The van der Waals surface area contributed by atoms with Crippen LogP contribution in [0, 0.1) is 0 Å². The van der Waals surface area contributed by atoms with Gasteiger partial charge in [0.15, 0.2) is 4.34 Å². The van der Waals surface area contributed by atoms with E-state index in [0.29, 0.717) is 21.7 Å². The summed E-state index contributed by atoms with van der Waals surface area (Å²) in [5, 5.41) is 16.3. The highest BCUT2D eigenvalue weighted by Gasteiger charge is 2.10. The van der Waals surface area contributed by atoms with Gasteiger partial charge in [-0.15, -0.1) is 10.2 Å². The van der Waals surface area contributed by atoms with Crippen molar-refractivity contribution in [3.05, 3.63) is 30.3 Å². The molecule has 7 nitrogen and oxygen atoms in total. The SMILES string of the molecule is CCCNC(=O)CSc1nnc(NC(=O)Nc2ccccc2)s1. The normalized spacial score (nSPS) is 10.1. The van der Waals surface area contributed by atoms with Gasteiger partial charge in [0.05, 0.1) is 5.75 Å². The first-order valence-electron chi connectivity index (χ1n) is 7.03. The van der Waals surface area contributed by atoms with Crippen LogP contribution in [0.2, 0.25) is 0 Å². The molecule has 0 aliphatic carbocycles. The van der Waals surface area contributed by atoms with Crippen LogP contribution in [-0.2, 0) is 4.79 Å². The summed E-state index contributed by atoms with van der Waals surface area (Å²) in [7, 11) is 0. The van der Waals surface area contributed by atoms with Crippen molar-refractivity contribution in [1.82, 2.24) is 15.5 Å². The first-order valence-corrected chi connectivity index (χ1v) is 8.83. The summed E-state index contributed by atoms with van der Waals surface area (Å²) >= 11 is 2.52. The molecule has 3 N–H and O–H groups in total. The fourth-order valence-electron chi connectivity index (χ4n) is 1.54. The third-order valence-electron chi connectivity index (χ3n) is 2.56. The van der Waals surface area contributed by atoms with Crippen LogP contribution in [0.4, 0.5) is 15.6 Å². The van der Waals surface area contributed by atoms with Gasteiger partial charge in [0.2, 0.25) is 11.0 Å². The molecule has 0 bridgehead atoms. The Labute approximate surface area is 142 Å². The van der Waals surface area contributed by atoms with Crippen LogP contribution in [0.3, 0.4) is 0 Å². The molecule has 0 radical (unpaired) electrons. The summed E-state index contributed by atoms with van der Waals surface area (Å²) in [5.74, 6) is 0.244. The predicted molar refractivity (Wildman–Crippen MR) is 93.0 cm³/mol. The number of hydrogen-bond donors (Lipinski definition) is 3. The Morgan fingerprint density at radius 3 is 2.70 bits per heavy atom. The number of anilines is 2. The third kappa shape index (κ3) is 6.25. The predicted octanol–water partition coefficient (Wildman–Crippen LogP) is 2.80. The van der Waals surface area contributed by atoms with E-state index < -0.39 is 0 Å². The molecule has 0 atom stereocenters. The number of hydrogen-bond acceptors (Lipinski definition) is 6. The molecule has 23 heavy (non-hydrogen) atoms. The van der Waals surface area contributed by atoms with E-state index in [9.17, 15) is 9.59 Å². The Balaban J connectivity index is 1.78. The van der Waals surface area contributed by atoms with Gasteiger partial charge in [-0.2, -0.15) is 0 Å². The van der Waals surface area contributed by atoms with Gasteiger partial charge < -0.3 is 10.6 Å². The highest BCUT2D eigenvalue weighted by Crippen LogP contribution is 2.25. The first-order chi connectivity index (χ1) is 11.2. The highest BCUT2D eigenvalue weighted by molar-refractivity contribution is 8.01. The second-order valence-corrected chi connectivity index (χ2v) is 6.66. The van der Waals surface area contributed by atoms with Crippen LogP contribution in [0.5, 0.6) is 0 Å². The van der Waals surface area contributed by atoms with Crippen molar-refractivity contribution in [2.24, 2.45) is 0 Å². The molecule has 0 saturated heterocycles. The van der Waals surface area contributed by atoms with Gasteiger partial charge in [0, 0.05) is 12.2 Å². The number of amides is 3. The van der Waals surface area contributed by atoms with Crippen LogP contribution in [0.25, 0.3) is 0 Å². The fourth-order valence-corrected chi connectivity index (χ4v) is 3.12. The minimum atomic E-state index is -0.385. The van der Waals surface area contributed by atoms with Crippen LogP contribution in [-0.4, -0.2) is 34.4 Å². The molecule has 1 aromatic carbocycles. The molecule has 0 fully saturated rings. The average Bonchev–Trinajstić information content (AvgIpc) is 2.99. The lowest BCUT2D eigenvalue weighted by Crippen LogP contribution is -2.25. The highest BCUT2D eigenvalue weighted by atomic mass is 32.2. The van der Waals surface area contributed by atoms with Crippen molar-refractivity contribution in [3.8, 4) is 0 Å². The zero-order valence-electron chi connectivity index (χ0n) is 12.5. The number of nitrogens with zero attached hydrogens (tertiary/aromatic N) is 2. The second-order valence-electron chi connectivity index (χ2n) is 4.46. The molecule has 1 aromatic heterocycles. The van der Waals surface area contributed by atoms with Gasteiger partial charge in [-0.05, 0) is 18.6 Å². The Morgan fingerprint density at radius 1 is 1.17 bits per heavy atom. The number of aromatic nitrogens is 2. The molecule has 9 heteroatoms. The van der Waals surface area contributed by atoms with Gasteiger partial charge in [0.25, 0.3) is 0 Å². The van der Waals surface area contributed by atoms with Gasteiger partial charge in [-0.1, -0.05) is 48.2 Å². The third-order valence-corrected chi connectivity index (χ3v) is 4.53. The van der Waals surface area contributed by atoms with E-state index in [4.69, 9.17) is 0 Å². The molecular weight excluding hydrogens is 334 g/mol. The monoisotopic (exact) mass is 351 g/mol. The van der Waals surface area contributed by atoms with Crippen molar-refractivity contribution < 1.29 is 9.59 Å². The van der Waals surface area contributed by atoms with E-state index in [1.165, 1.54) is 23.1 Å². The summed E-state index contributed by atoms with van der Waals surface area (Å²) < 4.78 is 0.631. The summed E-state index contributed by atoms with van der Waals surface area (Å²) in [6.45, 7) is 2.67. The smallest absolute Gasteiger partial charge is 0.325 e. The zero-order chi connectivity index (χ0) is 16.5. The molecule has 0 aliphatic heterocycles. The lowest BCUT2D eigenvalue weighted by Gasteiger charge is -2.03. The van der Waals surface area contributed by atoms with Gasteiger partial charge >= 0.3 is 6.03 Å². The summed E-state index contributed by atoms with van der Waals surface area (Å²) in [4.78, 5) is 23.3.